The van der Waals surface area contributed by atoms with Crippen LogP contribution in [0.1, 0.15) is 66.4 Å². The van der Waals surface area contributed by atoms with Crippen LogP contribution in [0.4, 0.5) is 0 Å². The molecule has 2 aromatic heterocycles. The van der Waals surface area contributed by atoms with E-state index < -0.39 is 5.97 Å². The summed E-state index contributed by atoms with van der Waals surface area (Å²) in [6.45, 7) is 5.57. The molecule has 0 amide bonds. The summed E-state index contributed by atoms with van der Waals surface area (Å²) < 4.78 is 0. The highest BCUT2D eigenvalue weighted by atomic mass is 32.1. The number of allylic oxidation sites excluding steroid dienone is 2. The summed E-state index contributed by atoms with van der Waals surface area (Å²) in [7, 11) is 0. The minimum atomic E-state index is -0.858. The molecule has 120 valence electrons. The molecule has 0 fully saturated rings. The predicted octanol–water partition coefficient (Wildman–Crippen LogP) is 5.42. The fraction of sp³-hybridized carbons (Fsp3) is 0.333. The van der Waals surface area contributed by atoms with Crippen molar-refractivity contribution in [2.75, 3.05) is 0 Å². The quantitative estimate of drug-likeness (QED) is 0.752. The van der Waals surface area contributed by atoms with Crippen LogP contribution in [0, 0.1) is 13.8 Å². The summed E-state index contributed by atoms with van der Waals surface area (Å²) in [5.74, 6) is -0.773. The molecule has 23 heavy (non-hydrogen) atoms. The predicted molar refractivity (Wildman–Crippen MR) is 95.7 cm³/mol. The maximum atomic E-state index is 11.6. The van der Waals surface area contributed by atoms with Crippen LogP contribution in [-0.4, -0.2) is 16.9 Å². The van der Waals surface area contributed by atoms with Crippen LogP contribution in [0.25, 0.3) is 11.1 Å². The molecule has 0 bridgehead atoms. The van der Waals surface area contributed by atoms with E-state index in [0.29, 0.717) is 4.88 Å². The number of thiophene rings is 2. The van der Waals surface area contributed by atoms with Gasteiger partial charge in [0.05, 0.1) is 4.88 Å². The zero-order chi connectivity index (χ0) is 16.7. The van der Waals surface area contributed by atoms with E-state index in [9.17, 15) is 14.7 Å². The van der Waals surface area contributed by atoms with E-state index >= 15 is 0 Å². The van der Waals surface area contributed by atoms with Gasteiger partial charge in [0.15, 0.2) is 5.78 Å². The molecular weight excluding hydrogens is 328 g/mol. The third-order valence-electron chi connectivity index (χ3n) is 4.18. The molecule has 0 aliphatic heterocycles. The lowest BCUT2D eigenvalue weighted by atomic mass is 9.97. The van der Waals surface area contributed by atoms with Crippen LogP contribution in [0.5, 0.6) is 0 Å². The Kier molecular flexibility index (Phi) is 4.25. The van der Waals surface area contributed by atoms with Crippen LogP contribution in [-0.2, 0) is 0 Å². The zero-order valence-electron chi connectivity index (χ0n) is 13.4. The number of carboxylic acids is 1. The van der Waals surface area contributed by atoms with E-state index in [1.165, 1.54) is 28.2 Å². The Morgan fingerprint density at radius 1 is 1.04 bits per heavy atom. The molecular formula is C18H18O3S2. The Morgan fingerprint density at radius 2 is 1.70 bits per heavy atom. The zero-order valence-corrected chi connectivity index (χ0v) is 15.0. The normalized spacial score (nSPS) is 14.6. The number of hydrogen-bond acceptors (Lipinski definition) is 4. The fourth-order valence-corrected chi connectivity index (χ4v) is 5.01. The molecule has 0 radical (unpaired) electrons. The standard InChI is InChI=1S/C18H18O3S2/c1-9-7-15(17(22-9)18(20)21)13-6-4-5-12(13)14-8-16(10(2)19)23-11(14)3/h7-8H,4-6H2,1-3H3,(H,20,21). The van der Waals surface area contributed by atoms with Gasteiger partial charge in [0.2, 0.25) is 0 Å². The van der Waals surface area contributed by atoms with Crippen molar-refractivity contribution in [2.24, 2.45) is 0 Å². The average Bonchev–Trinajstić information content (AvgIpc) is 3.15. The van der Waals surface area contributed by atoms with Gasteiger partial charge in [0.25, 0.3) is 0 Å². The number of carbonyl (C=O) groups excluding carboxylic acids is 1. The Balaban J connectivity index is 2.16. The summed E-state index contributed by atoms with van der Waals surface area (Å²) >= 11 is 2.86. The molecule has 0 aromatic carbocycles. The van der Waals surface area contributed by atoms with Crippen molar-refractivity contribution < 1.29 is 14.7 Å². The summed E-state index contributed by atoms with van der Waals surface area (Å²) in [6.07, 6.45) is 2.87. The monoisotopic (exact) mass is 346 g/mol. The first-order chi connectivity index (χ1) is 10.9. The SMILES string of the molecule is CC(=O)c1cc(C2=C(c3cc(C)sc3C(=O)O)CCC2)c(C)s1. The molecule has 0 unspecified atom stereocenters. The van der Waals surface area contributed by atoms with Gasteiger partial charge in [-0.1, -0.05) is 0 Å². The van der Waals surface area contributed by atoms with Crippen LogP contribution in [0.2, 0.25) is 0 Å². The van der Waals surface area contributed by atoms with Crippen molar-refractivity contribution in [2.45, 2.75) is 40.0 Å². The second kappa shape index (κ2) is 6.06. The third-order valence-corrected chi connectivity index (χ3v) is 6.37. The van der Waals surface area contributed by atoms with Gasteiger partial charge in [-0.2, -0.15) is 0 Å². The molecule has 2 aromatic rings. The first-order valence-electron chi connectivity index (χ1n) is 7.56. The van der Waals surface area contributed by atoms with Crippen molar-refractivity contribution in [1.29, 1.82) is 0 Å². The Labute approximate surface area is 143 Å². The smallest absolute Gasteiger partial charge is 0.346 e. The molecule has 2 heterocycles. The maximum absolute atomic E-state index is 11.6. The van der Waals surface area contributed by atoms with Gasteiger partial charge in [0.1, 0.15) is 4.88 Å². The van der Waals surface area contributed by atoms with Gasteiger partial charge in [-0.25, -0.2) is 4.79 Å². The van der Waals surface area contributed by atoms with Crippen molar-refractivity contribution in [3.8, 4) is 0 Å². The van der Waals surface area contributed by atoms with Gasteiger partial charge < -0.3 is 5.11 Å². The van der Waals surface area contributed by atoms with Gasteiger partial charge in [-0.05, 0) is 68.9 Å². The van der Waals surface area contributed by atoms with Crippen LogP contribution >= 0.6 is 22.7 Å². The number of rotatable bonds is 4. The van der Waals surface area contributed by atoms with E-state index in [0.717, 1.165) is 50.6 Å². The van der Waals surface area contributed by atoms with Gasteiger partial charge >= 0.3 is 5.97 Å². The minimum absolute atomic E-state index is 0.0853. The molecule has 0 saturated carbocycles. The number of ketones is 1. The van der Waals surface area contributed by atoms with Crippen LogP contribution < -0.4 is 0 Å². The van der Waals surface area contributed by atoms with Crippen LogP contribution in [0.15, 0.2) is 12.1 Å². The first-order valence-corrected chi connectivity index (χ1v) is 9.19. The van der Waals surface area contributed by atoms with Crippen molar-refractivity contribution in [3.05, 3.63) is 42.8 Å². The third kappa shape index (κ3) is 2.91. The number of Topliss-reactive ketones (excluding diaryl/α,β-unsaturated/α-hetero) is 1. The van der Waals surface area contributed by atoms with Gasteiger partial charge in [-0.3, -0.25) is 4.79 Å². The van der Waals surface area contributed by atoms with Crippen molar-refractivity contribution in [1.82, 2.24) is 0 Å². The first kappa shape index (κ1) is 16.1. The number of aromatic carboxylic acids is 1. The lowest BCUT2D eigenvalue weighted by molar-refractivity contribution is 0.0701. The van der Waals surface area contributed by atoms with E-state index in [4.69, 9.17) is 0 Å². The molecule has 0 saturated heterocycles. The number of carbonyl (C=O) groups is 2. The highest BCUT2D eigenvalue weighted by Gasteiger charge is 2.25. The molecule has 0 atom stereocenters. The number of carboxylic acid groups (broad SMARTS) is 1. The van der Waals surface area contributed by atoms with Crippen molar-refractivity contribution >= 4 is 45.6 Å². The second-order valence-corrected chi connectivity index (χ2v) is 8.37. The lowest BCUT2D eigenvalue weighted by Gasteiger charge is -2.07. The number of aryl methyl sites for hydroxylation is 2. The maximum Gasteiger partial charge on any atom is 0.346 e. The summed E-state index contributed by atoms with van der Waals surface area (Å²) in [5.41, 5.74) is 4.34. The number of hydrogen-bond donors (Lipinski definition) is 1. The van der Waals surface area contributed by atoms with Crippen LogP contribution in [0.3, 0.4) is 0 Å². The lowest BCUT2D eigenvalue weighted by Crippen LogP contribution is -1.97. The Hall–Kier alpha value is -1.72. The van der Waals surface area contributed by atoms with Crippen molar-refractivity contribution in [3.63, 3.8) is 0 Å². The molecule has 1 aliphatic carbocycles. The topological polar surface area (TPSA) is 54.4 Å². The molecule has 1 aliphatic rings. The molecule has 0 spiro atoms. The van der Waals surface area contributed by atoms with E-state index in [2.05, 4.69) is 0 Å². The van der Waals surface area contributed by atoms with E-state index in [1.807, 2.05) is 26.0 Å². The summed E-state index contributed by atoms with van der Waals surface area (Å²) in [4.78, 5) is 26.5. The van der Waals surface area contributed by atoms with E-state index in [-0.39, 0.29) is 5.78 Å². The Morgan fingerprint density at radius 3 is 2.26 bits per heavy atom. The summed E-state index contributed by atoms with van der Waals surface area (Å²) in [6, 6.07) is 3.96. The minimum Gasteiger partial charge on any atom is -0.477 e. The largest absolute Gasteiger partial charge is 0.477 e. The second-order valence-electron chi connectivity index (χ2n) is 5.85. The Bertz CT molecular complexity index is 837. The molecule has 3 rings (SSSR count). The average molecular weight is 346 g/mol. The van der Waals surface area contributed by atoms with Gasteiger partial charge in [0, 0.05) is 15.3 Å². The summed E-state index contributed by atoms with van der Waals surface area (Å²) in [5, 5.41) is 9.47. The highest BCUT2D eigenvalue weighted by molar-refractivity contribution is 7.14. The van der Waals surface area contributed by atoms with E-state index in [1.54, 1.807) is 6.92 Å². The molecule has 5 heteroatoms. The highest BCUT2D eigenvalue weighted by Crippen LogP contribution is 2.45. The fourth-order valence-electron chi connectivity index (χ4n) is 3.19. The molecule has 1 N–H and O–H groups in total. The van der Waals surface area contributed by atoms with Gasteiger partial charge in [-0.15, -0.1) is 22.7 Å². The molecule has 3 nitrogen and oxygen atoms in total.